The van der Waals surface area contributed by atoms with Gasteiger partial charge in [0.1, 0.15) is 5.75 Å². The SMILES string of the molecule is CN1CCN(C2CCc3nc(NC(=O)c4cccc(OCC(=O)Nc5ccc(N)cc5)c4)sc3C2)CC1. The van der Waals surface area contributed by atoms with Crippen molar-refractivity contribution in [1.29, 1.82) is 0 Å². The van der Waals surface area contributed by atoms with E-state index in [1.54, 1.807) is 59.9 Å². The van der Waals surface area contributed by atoms with Crippen LogP contribution in [0.1, 0.15) is 27.3 Å². The number of rotatable bonds is 7. The molecule has 1 aliphatic carbocycles. The predicted octanol–water partition coefficient (Wildman–Crippen LogP) is 3.10. The average Bonchev–Trinajstić information content (AvgIpc) is 3.31. The number of nitrogen functional groups attached to an aromatic ring is 1. The van der Waals surface area contributed by atoms with E-state index in [2.05, 4.69) is 27.5 Å². The fraction of sp³-hybridized carbons (Fsp3) is 0.370. The smallest absolute Gasteiger partial charge is 0.262 e. The van der Waals surface area contributed by atoms with Gasteiger partial charge < -0.3 is 20.7 Å². The van der Waals surface area contributed by atoms with Crippen molar-refractivity contribution >= 4 is 39.7 Å². The highest BCUT2D eigenvalue weighted by atomic mass is 32.1. The molecule has 9 nitrogen and oxygen atoms in total. The normalized spacial score (nSPS) is 18.1. The summed E-state index contributed by atoms with van der Waals surface area (Å²) in [6.07, 6.45) is 3.05. The lowest BCUT2D eigenvalue weighted by atomic mass is 9.96. The van der Waals surface area contributed by atoms with Gasteiger partial charge in [0.2, 0.25) is 0 Å². The first-order valence-corrected chi connectivity index (χ1v) is 13.4. The Morgan fingerprint density at radius 1 is 1.11 bits per heavy atom. The summed E-state index contributed by atoms with van der Waals surface area (Å²) in [6.45, 7) is 4.27. The maximum atomic E-state index is 12.9. The number of aryl methyl sites for hydroxylation is 1. The minimum atomic E-state index is -0.303. The number of likely N-dealkylation sites (N-methyl/N-ethyl adjacent to an activating group) is 1. The quantitative estimate of drug-likeness (QED) is 0.410. The van der Waals surface area contributed by atoms with Gasteiger partial charge in [0.05, 0.1) is 5.69 Å². The second-order valence-electron chi connectivity index (χ2n) is 9.57. The molecular formula is C27H32N6O3S. The van der Waals surface area contributed by atoms with Crippen molar-refractivity contribution in [3.8, 4) is 5.75 Å². The summed E-state index contributed by atoms with van der Waals surface area (Å²) in [5, 5.41) is 6.32. The Labute approximate surface area is 220 Å². The van der Waals surface area contributed by atoms with Gasteiger partial charge in [-0.15, -0.1) is 11.3 Å². The molecule has 2 aliphatic rings. The largest absolute Gasteiger partial charge is 0.484 e. The number of anilines is 3. The standard InChI is InChI=1S/C27H32N6O3S/c1-32-11-13-33(14-12-32)21-9-10-23-24(16-21)37-27(30-23)31-26(35)18-3-2-4-22(15-18)36-17-25(34)29-20-7-5-19(28)6-8-20/h2-8,15,21H,9-14,16-17,28H2,1H3,(H,29,34)(H,30,31,35). The zero-order valence-electron chi connectivity index (χ0n) is 20.9. The van der Waals surface area contributed by atoms with E-state index in [1.807, 2.05) is 0 Å². The van der Waals surface area contributed by atoms with Gasteiger partial charge in [0, 0.05) is 54.0 Å². The highest BCUT2D eigenvalue weighted by Crippen LogP contribution is 2.32. The average molecular weight is 521 g/mol. The summed E-state index contributed by atoms with van der Waals surface area (Å²) >= 11 is 1.57. The van der Waals surface area contributed by atoms with E-state index in [0.29, 0.717) is 33.9 Å². The molecule has 2 amide bonds. The van der Waals surface area contributed by atoms with Crippen LogP contribution in [0.25, 0.3) is 0 Å². The Morgan fingerprint density at radius 2 is 1.89 bits per heavy atom. The van der Waals surface area contributed by atoms with E-state index in [0.717, 1.165) is 51.1 Å². The van der Waals surface area contributed by atoms with Crippen molar-refractivity contribution in [2.75, 3.05) is 56.2 Å². The summed E-state index contributed by atoms with van der Waals surface area (Å²) < 4.78 is 5.61. The minimum absolute atomic E-state index is 0.177. The van der Waals surface area contributed by atoms with E-state index in [9.17, 15) is 9.59 Å². The van der Waals surface area contributed by atoms with Gasteiger partial charge >= 0.3 is 0 Å². The number of piperazine rings is 1. The summed E-state index contributed by atoms with van der Waals surface area (Å²) in [4.78, 5) is 36.1. The Bertz CT molecular complexity index is 1250. The van der Waals surface area contributed by atoms with E-state index < -0.39 is 0 Å². The molecule has 1 saturated heterocycles. The molecular weight excluding hydrogens is 488 g/mol. The number of ether oxygens (including phenoxy) is 1. The van der Waals surface area contributed by atoms with Gasteiger partial charge in [-0.3, -0.25) is 19.8 Å². The van der Waals surface area contributed by atoms with Crippen molar-refractivity contribution in [3.05, 3.63) is 64.7 Å². The number of amides is 2. The Balaban J connectivity index is 1.15. The van der Waals surface area contributed by atoms with Crippen molar-refractivity contribution in [3.63, 3.8) is 0 Å². The topological polar surface area (TPSA) is 113 Å². The van der Waals surface area contributed by atoms with Crippen LogP contribution in [-0.4, -0.2) is 72.5 Å². The first-order chi connectivity index (χ1) is 17.9. The van der Waals surface area contributed by atoms with Crippen LogP contribution in [0.3, 0.4) is 0 Å². The molecule has 0 bridgehead atoms. The number of nitrogens with two attached hydrogens (primary N) is 1. The monoisotopic (exact) mass is 520 g/mol. The van der Waals surface area contributed by atoms with Gasteiger partial charge in [-0.05, 0) is 68.8 Å². The van der Waals surface area contributed by atoms with Crippen LogP contribution < -0.4 is 21.1 Å². The maximum Gasteiger partial charge on any atom is 0.262 e. The van der Waals surface area contributed by atoms with E-state index in [1.165, 1.54) is 4.88 Å². The Kier molecular flexibility index (Phi) is 7.68. The number of fused-ring (bicyclic) bond motifs is 1. The molecule has 1 atom stereocenters. The van der Waals surface area contributed by atoms with Crippen LogP contribution in [0.2, 0.25) is 0 Å². The second kappa shape index (κ2) is 11.3. The number of thiazole rings is 1. The van der Waals surface area contributed by atoms with E-state index >= 15 is 0 Å². The summed E-state index contributed by atoms with van der Waals surface area (Å²) in [7, 11) is 2.18. The lowest BCUT2D eigenvalue weighted by Gasteiger charge is -2.39. The fourth-order valence-corrected chi connectivity index (χ4v) is 5.79. The third kappa shape index (κ3) is 6.46. The van der Waals surface area contributed by atoms with Gasteiger partial charge in [-0.1, -0.05) is 6.07 Å². The molecule has 0 spiro atoms. The number of hydrogen-bond acceptors (Lipinski definition) is 8. The fourth-order valence-electron chi connectivity index (χ4n) is 4.72. The zero-order chi connectivity index (χ0) is 25.8. The number of aromatic nitrogens is 1. The van der Waals surface area contributed by atoms with Crippen LogP contribution in [0.4, 0.5) is 16.5 Å². The lowest BCUT2D eigenvalue weighted by molar-refractivity contribution is -0.118. The van der Waals surface area contributed by atoms with Crippen LogP contribution in [0, 0.1) is 0 Å². The Hall–Kier alpha value is -3.47. The second-order valence-corrected chi connectivity index (χ2v) is 10.6. The molecule has 5 rings (SSSR count). The van der Waals surface area contributed by atoms with Gasteiger partial charge in [0.15, 0.2) is 11.7 Å². The third-order valence-electron chi connectivity index (χ3n) is 6.85. The molecule has 1 aliphatic heterocycles. The number of nitrogens with one attached hydrogen (secondary N) is 2. The highest BCUT2D eigenvalue weighted by Gasteiger charge is 2.29. The molecule has 1 aromatic heterocycles. The van der Waals surface area contributed by atoms with Gasteiger partial charge in [0.25, 0.3) is 11.8 Å². The van der Waals surface area contributed by atoms with Crippen LogP contribution in [0.5, 0.6) is 5.75 Å². The molecule has 1 unspecified atom stereocenters. The first-order valence-electron chi connectivity index (χ1n) is 12.5. The van der Waals surface area contributed by atoms with Crippen LogP contribution in [0.15, 0.2) is 48.5 Å². The number of carbonyl (C=O) groups is 2. The molecule has 0 radical (unpaired) electrons. The molecule has 10 heteroatoms. The first kappa shape index (κ1) is 25.2. The van der Waals surface area contributed by atoms with Gasteiger partial charge in [-0.2, -0.15) is 0 Å². The molecule has 0 saturated carbocycles. The molecule has 1 fully saturated rings. The number of carbonyl (C=O) groups excluding carboxylic acids is 2. The van der Waals surface area contributed by atoms with Crippen molar-refractivity contribution in [2.45, 2.75) is 25.3 Å². The summed E-state index contributed by atoms with van der Waals surface area (Å²) in [5.41, 5.74) is 8.47. The Morgan fingerprint density at radius 3 is 2.68 bits per heavy atom. The molecule has 2 aromatic carbocycles. The van der Waals surface area contributed by atoms with Crippen LogP contribution >= 0.6 is 11.3 Å². The number of nitrogens with zero attached hydrogens (tertiary/aromatic N) is 3. The van der Waals surface area contributed by atoms with Crippen molar-refractivity contribution in [1.82, 2.24) is 14.8 Å². The maximum absolute atomic E-state index is 12.9. The molecule has 194 valence electrons. The predicted molar refractivity (Wildman–Crippen MR) is 146 cm³/mol. The van der Waals surface area contributed by atoms with E-state index in [-0.39, 0.29) is 18.4 Å². The minimum Gasteiger partial charge on any atom is -0.484 e. The van der Waals surface area contributed by atoms with E-state index in [4.69, 9.17) is 15.5 Å². The molecule has 2 heterocycles. The van der Waals surface area contributed by atoms with Crippen molar-refractivity contribution < 1.29 is 14.3 Å². The third-order valence-corrected chi connectivity index (χ3v) is 7.88. The molecule has 3 aromatic rings. The number of hydrogen-bond donors (Lipinski definition) is 3. The van der Waals surface area contributed by atoms with Gasteiger partial charge in [-0.25, -0.2) is 4.98 Å². The highest BCUT2D eigenvalue weighted by molar-refractivity contribution is 7.15. The summed E-state index contributed by atoms with van der Waals surface area (Å²) in [5.74, 6) is -0.116. The van der Waals surface area contributed by atoms with Crippen LogP contribution in [-0.2, 0) is 17.6 Å². The van der Waals surface area contributed by atoms with Crippen molar-refractivity contribution in [2.24, 2.45) is 0 Å². The molecule has 37 heavy (non-hydrogen) atoms. The summed E-state index contributed by atoms with van der Waals surface area (Å²) in [6, 6.07) is 14.2. The zero-order valence-corrected chi connectivity index (χ0v) is 21.7. The molecule has 4 N–H and O–H groups in total. The lowest BCUT2D eigenvalue weighted by Crippen LogP contribution is -2.50. The number of benzene rings is 2.